The molecule has 1 heterocycles. The van der Waals surface area contributed by atoms with Gasteiger partial charge in [-0.2, -0.15) is 0 Å². The van der Waals surface area contributed by atoms with Crippen LogP contribution >= 0.6 is 0 Å². The molecule has 0 saturated carbocycles. The van der Waals surface area contributed by atoms with Crippen molar-refractivity contribution in [3.05, 3.63) is 0 Å². The third-order valence-corrected chi connectivity index (χ3v) is 2.66. The lowest BCUT2D eigenvalue weighted by molar-refractivity contribution is -0.137. The molecule has 1 amide bonds. The van der Waals surface area contributed by atoms with E-state index in [9.17, 15) is 4.79 Å². The Morgan fingerprint density at radius 1 is 1.64 bits per heavy atom. The van der Waals surface area contributed by atoms with Gasteiger partial charge >= 0.3 is 0 Å². The predicted molar refractivity (Wildman–Crippen MR) is 54.9 cm³/mol. The van der Waals surface area contributed by atoms with E-state index in [4.69, 9.17) is 5.11 Å². The van der Waals surface area contributed by atoms with Crippen LogP contribution < -0.4 is 5.32 Å². The monoisotopic (exact) mass is 200 g/mol. The third kappa shape index (κ3) is 2.69. The second-order valence-electron chi connectivity index (χ2n) is 4.04. The first-order chi connectivity index (χ1) is 6.66. The average Bonchev–Trinajstić information content (AvgIpc) is 2.65. The lowest BCUT2D eigenvalue weighted by Gasteiger charge is -2.28. The molecule has 1 aliphatic heterocycles. The molecule has 1 saturated heterocycles. The van der Waals surface area contributed by atoms with Gasteiger partial charge in [0.2, 0.25) is 5.91 Å². The molecule has 14 heavy (non-hydrogen) atoms. The van der Waals surface area contributed by atoms with Gasteiger partial charge < -0.3 is 15.3 Å². The Balaban J connectivity index is 2.53. The quantitative estimate of drug-likeness (QED) is 0.662. The van der Waals surface area contributed by atoms with E-state index in [2.05, 4.69) is 5.32 Å². The molecule has 0 bridgehead atoms. The van der Waals surface area contributed by atoms with Crippen molar-refractivity contribution in [3.8, 4) is 0 Å². The Labute approximate surface area is 85.3 Å². The van der Waals surface area contributed by atoms with E-state index in [-0.39, 0.29) is 24.5 Å². The van der Waals surface area contributed by atoms with Crippen molar-refractivity contribution in [3.63, 3.8) is 0 Å². The fourth-order valence-electron chi connectivity index (χ4n) is 1.83. The van der Waals surface area contributed by atoms with E-state index in [1.807, 2.05) is 13.8 Å². The van der Waals surface area contributed by atoms with Crippen molar-refractivity contribution in [2.75, 3.05) is 26.2 Å². The zero-order valence-corrected chi connectivity index (χ0v) is 8.99. The lowest BCUT2D eigenvalue weighted by Crippen LogP contribution is -2.43. The molecule has 0 radical (unpaired) electrons. The molecular weight excluding hydrogens is 180 g/mol. The van der Waals surface area contributed by atoms with E-state index >= 15 is 0 Å². The maximum atomic E-state index is 12.0. The molecule has 4 nitrogen and oxygen atoms in total. The number of hydrogen-bond donors (Lipinski definition) is 2. The molecular formula is C10H20N2O2. The van der Waals surface area contributed by atoms with Crippen LogP contribution in [-0.2, 0) is 4.79 Å². The largest absolute Gasteiger partial charge is 0.395 e. The molecule has 0 spiro atoms. The maximum Gasteiger partial charge on any atom is 0.227 e. The highest BCUT2D eigenvalue weighted by atomic mass is 16.3. The van der Waals surface area contributed by atoms with Crippen LogP contribution in [0.4, 0.5) is 0 Å². The van der Waals surface area contributed by atoms with Crippen molar-refractivity contribution < 1.29 is 9.90 Å². The van der Waals surface area contributed by atoms with Crippen LogP contribution in [0, 0.1) is 5.92 Å². The molecule has 0 aliphatic carbocycles. The summed E-state index contributed by atoms with van der Waals surface area (Å²) in [5, 5.41) is 12.0. The molecule has 0 aromatic carbocycles. The third-order valence-electron chi connectivity index (χ3n) is 2.66. The Kier molecular flexibility index (Phi) is 4.35. The topological polar surface area (TPSA) is 52.6 Å². The summed E-state index contributed by atoms with van der Waals surface area (Å²) in [5.74, 6) is 0.294. The number of carbonyl (C=O) groups excluding carboxylic acids is 1. The van der Waals surface area contributed by atoms with Crippen LogP contribution in [-0.4, -0.2) is 48.2 Å². The van der Waals surface area contributed by atoms with Gasteiger partial charge in [-0.25, -0.2) is 0 Å². The Morgan fingerprint density at radius 2 is 2.36 bits per heavy atom. The second kappa shape index (κ2) is 5.32. The van der Waals surface area contributed by atoms with Crippen LogP contribution in [0.5, 0.6) is 0 Å². The number of aliphatic hydroxyl groups is 1. The van der Waals surface area contributed by atoms with Gasteiger partial charge in [-0.15, -0.1) is 0 Å². The van der Waals surface area contributed by atoms with Crippen molar-refractivity contribution >= 4 is 5.91 Å². The first-order valence-electron chi connectivity index (χ1n) is 5.29. The van der Waals surface area contributed by atoms with Crippen molar-refractivity contribution in [1.82, 2.24) is 10.2 Å². The summed E-state index contributed by atoms with van der Waals surface area (Å²) in [7, 11) is 0. The number of amides is 1. The zero-order valence-electron chi connectivity index (χ0n) is 8.99. The van der Waals surface area contributed by atoms with Crippen molar-refractivity contribution in [2.45, 2.75) is 26.3 Å². The molecule has 0 aromatic rings. The molecule has 1 unspecified atom stereocenters. The van der Waals surface area contributed by atoms with Crippen LogP contribution in [0.3, 0.4) is 0 Å². The number of nitrogens with zero attached hydrogens (tertiary/aromatic N) is 1. The SMILES string of the molecule is CC(C)N(CCO)C(=O)C1CCNC1. The van der Waals surface area contributed by atoms with Gasteiger partial charge in [-0.3, -0.25) is 4.79 Å². The highest BCUT2D eigenvalue weighted by Crippen LogP contribution is 2.13. The minimum absolute atomic E-state index is 0.0457. The minimum Gasteiger partial charge on any atom is -0.395 e. The summed E-state index contributed by atoms with van der Waals surface area (Å²) >= 11 is 0. The first kappa shape index (κ1) is 11.5. The highest BCUT2D eigenvalue weighted by Gasteiger charge is 2.27. The van der Waals surface area contributed by atoms with Crippen LogP contribution in [0.2, 0.25) is 0 Å². The molecule has 0 aromatic heterocycles. The predicted octanol–water partition coefficient (Wildman–Crippen LogP) is -0.175. The Morgan fingerprint density at radius 3 is 2.79 bits per heavy atom. The number of carbonyl (C=O) groups is 1. The van der Waals surface area contributed by atoms with Gasteiger partial charge in [0.25, 0.3) is 0 Å². The summed E-state index contributed by atoms with van der Waals surface area (Å²) < 4.78 is 0. The van der Waals surface area contributed by atoms with Gasteiger partial charge in [0, 0.05) is 19.1 Å². The summed E-state index contributed by atoms with van der Waals surface area (Å²) in [6.07, 6.45) is 0.924. The minimum atomic E-state index is 0.0457. The van der Waals surface area contributed by atoms with Gasteiger partial charge in [0.1, 0.15) is 0 Å². The van der Waals surface area contributed by atoms with Crippen LogP contribution in [0.25, 0.3) is 0 Å². The standard InChI is InChI=1S/C10H20N2O2/c1-8(2)12(5-6-13)10(14)9-3-4-11-7-9/h8-9,11,13H,3-7H2,1-2H3. The van der Waals surface area contributed by atoms with E-state index in [0.29, 0.717) is 6.54 Å². The molecule has 2 N–H and O–H groups in total. The average molecular weight is 200 g/mol. The molecule has 1 aliphatic rings. The number of aliphatic hydroxyl groups excluding tert-OH is 1. The fourth-order valence-corrected chi connectivity index (χ4v) is 1.83. The molecule has 1 fully saturated rings. The van der Waals surface area contributed by atoms with E-state index < -0.39 is 0 Å². The Bertz CT molecular complexity index is 189. The van der Waals surface area contributed by atoms with Gasteiger partial charge in [0.15, 0.2) is 0 Å². The zero-order chi connectivity index (χ0) is 10.6. The van der Waals surface area contributed by atoms with E-state index in [0.717, 1.165) is 19.5 Å². The molecule has 4 heteroatoms. The van der Waals surface area contributed by atoms with Crippen molar-refractivity contribution in [2.24, 2.45) is 5.92 Å². The number of rotatable bonds is 4. The maximum absolute atomic E-state index is 12.0. The Hall–Kier alpha value is -0.610. The normalized spacial score (nSPS) is 21.6. The molecule has 1 atom stereocenters. The fraction of sp³-hybridized carbons (Fsp3) is 0.900. The molecule has 82 valence electrons. The summed E-state index contributed by atoms with van der Waals surface area (Å²) in [4.78, 5) is 13.7. The van der Waals surface area contributed by atoms with Crippen molar-refractivity contribution in [1.29, 1.82) is 0 Å². The number of hydrogen-bond acceptors (Lipinski definition) is 3. The smallest absolute Gasteiger partial charge is 0.227 e. The van der Waals surface area contributed by atoms with Gasteiger partial charge in [0.05, 0.1) is 12.5 Å². The lowest BCUT2D eigenvalue weighted by atomic mass is 10.1. The van der Waals surface area contributed by atoms with Gasteiger partial charge in [-0.05, 0) is 26.8 Å². The summed E-state index contributed by atoms with van der Waals surface area (Å²) in [6.45, 7) is 6.18. The van der Waals surface area contributed by atoms with Crippen LogP contribution in [0.15, 0.2) is 0 Å². The number of nitrogens with one attached hydrogen (secondary N) is 1. The van der Waals surface area contributed by atoms with Crippen LogP contribution in [0.1, 0.15) is 20.3 Å². The van der Waals surface area contributed by atoms with E-state index in [1.54, 1.807) is 4.90 Å². The second-order valence-corrected chi connectivity index (χ2v) is 4.04. The highest BCUT2D eigenvalue weighted by molar-refractivity contribution is 5.79. The molecule has 1 rings (SSSR count). The van der Waals surface area contributed by atoms with E-state index in [1.165, 1.54) is 0 Å². The van der Waals surface area contributed by atoms with Gasteiger partial charge in [-0.1, -0.05) is 0 Å². The summed E-state index contributed by atoms with van der Waals surface area (Å²) in [6, 6.07) is 0.176. The first-order valence-corrected chi connectivity index (χ1v) is 5.29. The summed E-state index contributed by atoms with van der Waals surface area (Å²) in [5.41, 5.74) is 0.